The van der Waals surface area contributed by atoms with E-state index in [2.05, 4.69) is 6.58 Å². The van der Waals surface area contributed by atoms with Gasteiger partial charge in [0.1, 0.15) is 18.1 Å². The molecule has 1 saturated heterocycles. The Morgan fingerprint density at radius 2 is 1.90 bits per heavy atom. The smallest absolute Gasteiger partial charge is 0.295 e. The number of benzene rings is 2. The highest BCUT2D eigenvalue weighted by Gasteiger charge is 2.46. The predicted molar refractivity (Wildman–Crippen MR) is 120 cm³/mol. The number of ether oxygens (including phenoxy) is 1. The molecule has 0 aromatic heterocycles. The van der Waals surface area contributed by atoms with Gasteiger partial charge in [-0.25, -0.2) is 0 Å². The largest absolute Gasteiger partial charge is 0.507 e. The first-order valence-electron chi connectivity index (χ1n) is 10.3. The minimum absolute atomic E-state index is 0.115. The number of aliphatic hydroxyl groups excluding tert-OH is 1. The third kappa shape index (κ3) is 4.70. The molecule has 3 rings (SSSR count). The molecule has 0 aliphatic carbocycles. The summed E-state index contributed by atoms with van der Waals surface area (Å²) >= 11 is 0. The fourth-order valence-corrected chi connectivity index (χ4v) is 3.70. The molecular formula is C25H29N2O4+. The number of amides is 1. The maximum Gasteiger partial charge on any atom is 0.295 e. The number of quaternary nitrogens is 1. The van der Waals surface area contributed by atoms with Gasteiger partial charge in [0.2, 0.25) is 0 Å². The van der Waals surface area contributed by atoms with E-state index in [1.165, 1.54) is 4.90 Å². The first kappa shape index (κ1) is 22.3. The summed E-state index contributed by atoms with van der Waals surface area (Å²) in [5.74, 6) is -0.750. The molecule has 31 heavy (non-hydrogen) atoms. The Morgan fingerprint density at radius 1 is 1.19 bits per heavy atom. The van der Waals surface area contributed by atoms with E-state index >= 15 is 0 Å². The lowest BCUT2D eigenvalue weighted by Gasteiger charge is -2.25. The lowest BCUT2D eigenvalue weighted by Crippen LogP contribution is -3.06. The molecule has 1 aliphatic heterocycles. The molecule has 0 radical (unpaired) electrons. The van der Waals surface area contributed by atoms with Gasteiger partial charge in [-0.05, 0) is 36.2 Å². The molecule has 0 saturated carbocycles. The van der Waals surface area contributed by atoms with Gasteiger partial charge in [0.15, 0.2) is 0 Å². The lowest BCUT2D eigenvalue weighted by molar-refractivity contribution is -0.857. The van der Waals surface area contributed by atoms with Gasteiger partial charge in [0.05, 0.1) is 38.8 Å². The SMILES string of the molecule is C=CCOc1ccc(C(O)=C2C(=O)C(=O)N(CC[NH+](C)C)[C@@H]2c2ccccc2)cc1C. The Kier molecular flexibility index (Phi) is 6.92. The second-order valence-electron chi connectivity index (χ2n) is 7.94. The zero-order valence-corrected chi connectivity index (χ0v) is 18.2. The molecule has 2 aromatic rings. The Bertz CT molecular complexity index is 1010. The van der Waals surface area contributed by atoms with Crippen molar-refractivity contribution in [3.05, 3.63) is 83.4 Å². The van der Waals surface area contributed by atoms with Crippen molar-refractivity contribution < 1.29 is 24.3 Å². The quantitative estimate of drug-likeness (QED) is 0.297. The number of carbonyl (C=O) groups excluding carboxylic acids is 2. The number of aliphatic hydroxyl groups is 1. The van der Waals surface area contributed by atoms with Gasteiger partial charge in [-0.2, -0.15) is 0 Å². The number of likely N-dealkylation sites (N-methyl/N-ethyl adjacent to an activating group) is 1. The Labute approximate surface area is 183 Å². The average Bonchev–Trinajstić information content (AvgIpc) is 3.01. The molecule has 2 N–H and O–H groups in total. The monoisotopic (exact) mass is 421 g/mol. The lowest BCUT2D eigenvalue weighted by atomic mass is 9.95. The topological polar surface area (TPSA) is 71.3 Å². The van der Waals surface area contributed by atoms with Crippen molar-refractivity contribution in [3.8, 4) is 5.75 Å². The van der Waals surface area contributed by atoms with Crippen LogP contribution in [0.2, 0.25) is 0 Å². The average molecular weight is 422 g/mol. The summed E-state index contributed by atoms with van der Waals surface area (Å²) in [6, 6.07) is 13.9. The zero-order chi connectivity index (χ0) is 22.5. The standard InChI is InChI=1S/C25H28N2O4/c1-5-15-31-20-12-11-19(16-17(20)2)23(28)21-22(18-9-7-6-8-10-18)27(14-13-26(3)4)25(30)24(21)29/h5-12,16,22,28H,1,13-15H2,2-4H3/p+1/t22-/m1/s1. The highest BCUT2D eigenvalue weighted by atomic mass is 16.5. The van der Waals surface area contributed by atoms with Crippen LogP contribution in [0, 0.1) is 6.92 Å². The molecule has 1 atom stereocenters. The van der Waals surface area contributed by atoms with E-state index in [1.807, 2.05) is 51.4 Å². The summed E-state index contributed by atoms with van der Waals surface area (Å²) in [7, 11) is 3.99. The van der Waals surface area contributed by atoms with Crippen molar-refractivity contribution in [3.63, 3.8) is 0 Å². The number of likely N-dealkylation sites (tertiary alicyclic amines) is 1. The number of carbonyl (C=O) groups is 2. The predicted octanol–water partition coefficient (Wildman–Crippen LogP) is 2.13. The Morgan fingerprint density at radius 3 is 2.52 bits per heavy atom. The van der Waals surface area contributed by atoms with Crippen LogP contribution in [0.3, 0.4) is 0 Å². The van der Waals surface area contributed by atoms with Crippen LogP contribution in [0.5, 0.6) is 5.75 Å². The van der Waals surface area contributed by atoms with E-state index in [9.17, 15) is 14.7 Å². The minimum Gasteiger partial charge on any atom is -0.507 e. The normalized spacial score (nSPS) is 17.9. The van der Waals surface area contributed by atoms with Crippen molar-refractivity contribution in [1.82, 2.24) is 4.90 Å². The number of hydrogen-bond donors (Lipinski definition) is 2. The van der Waals surface area contributed by atoms with Crippen LogP contribution in [0.15, 0.2) is 66.8 Å². The van der Waals surface area contributed by atoms with Crippen molar-refractivity contribution in [2.24, 2.45) is 0 Å². The summed E-state index contributed by atoms with van der Waals surface area (Å²) < 4.78 is 5.60. The molecular weight excluding hydrogens is 392 g/mol. The summed E-state index contributed by atoms with van der Waals surface area (Å²) in [6.07, 6.45) is 1.66. The van der Waals surface area contributed by atoms with Gasteiger partial charge in [0, 0.05) is 5.56 Å². The van der Waals surface area contributed by atoms with Crippen LogP contribution in [0.1, 0.15) is 22.7 Å². The van der Waals surface area contributed by atoms with Crippen molar-refractivity contribution in [2.75, 3.05) is 33.8 Å². The molecule has 1 aliphatic rings. The molecule has 0 spiro atoms. The van der Waals surface area contributed by atoms with Crippen LogP contribution < -0.4 is 9.64 Å². The van der Waals surface area contributed by atoms with Gasteiger partial charge in [-0.15, -0.1) is 0 Å². The molecule has 2 aromatic carbocycles. The molecule has 0 unspecified atom stereocenters. The maximum absolute atomic E-state index is 13.0. The van der Waals surface area contributed by atoms with Crippen LogP contribution in [-0.2, 0) is 9.59 Å². The summed E-state index contributed by atoms with van der Waals surface area (Å²) in [5, 5.41) is 11.1. The van der Waals surface area contributed by atoms with Crippen LogP contribution >= 0.6 is 0 Å². The number of hydrogen-bond acceptors (Lipinski definition) is 4. The minimum atomic E-state index is -0.662. The highest BCUT2D eigenvalue weighted by molar-refractivity contribution is 6.46. The van der Waals surface area contributed by atoms with E-state index in [-0.39, 0.29) is 11.3 Å². The number of aryl methyl sites for hydroxylation is 1. The Balaban J connectivity index is 2.08. The van der Waals surface area contributed by atoms with Gasteiger partial charge in [-0.3, -0.25) is 9.59 Å². The van der Waals surface area contributed by atoms with E-state index in [1.54, 1.807) is 29.2 Å². The van der Waals surface area contributed by atoms with Crippen molar-refractivity contribution in [1.29, 1.82) is 0 Å². The van der Waals surface area contributed by atoms with Crippen LogP contribution in [0.4, 0.5) is 0 Å². The molecule has 6 heteroatoms. The Hall–Kier alpha value is -3.38. The number of Topliss-reactive ketones (excluding diaryl/α,β-unsaturated/α-hetero) is 1. The summed E-state index contributed by atoms with van der Waals surface area (Å²) in [6.45, 7) is 6.98. The molecule has 162 valence electrons. The zero-order valence-electron chi connectivity index (χ0n) is 18.2. The first-order chi connectivity index (χ1) is 14.8. The summed E-state index contributed by atoms with van der Waals surface area (Å²) in [5.41, 5.74) is 2.19. The number of rotatable bonds is 8. The number of nitrogens with one attached hydrogen (secondary N) is 1. The maximum atomic E-state index is 13.0. The fourth-order valence-electron chi connectivity index (χ4n) is 3.70. The third-order valence-corrected chi connectivity index (χ3v) is 5.31. The first-order valence-corrected chi connectivity index (χ1v) is 10.3. The van der Waals surface area contributed by atoms with E-state index in [0.29, 0.717) is 31.0 Å². The molecule has 1 amide bonds. The van der Waals surface area contributed by atoms with Crippen LogP contribution in [0.25, 0.3) is 5.76 Å². The molecule has 1 fully saturated rings. The molecule has 1 heterocycles. The van der Waals surface area contributed by atoms with Gasteiger partial charge < -0.3 is 19.6 Å². The number of ketones is 1. The molecule has 6 nitrogen and oxygen atoms in total. The second-order valence-corrected chi connectivity index (χ2v) is 7.94. The van der Waals surface area contributed by atoms with E-state index < -0.39 is 17.7 Å². The summed E-state index contributed by atoms with van der Waals surface area (Å²) in [4.78, 5) is 28.6. The van der Waals surface area contributed by atoms with Gasteiger partial charge >= 0.3 is 0 Å². The highest BCUT2D eigenvalue weighted by Crippen LogP contribution is 2.39. The third-order valence-electron chi connectivity index (χ3n) is 5.31. The van der Waals surface area contributed by atoms with E-state index in [4.69, 9.17) is 4.74 Å². The van der Waals surface area contributed by atoms with Crippen molar-refractivity contribution >= 4 is 17.4 Å². The van der Waals surface area contributed by atoms with Crippen molar-refractivity contribution in [2.45, 2.75) is 13.0 Å². The van der Waals surface area contributed by atoms with E-state index in [0.717, 1.165) is 11.1 Å². The van der Waals surface area contributed by atoms with Gasteiger partial charge in [-0.1, -0.05) is 43.0 Å². The fraction of sp³-hybridized carbons (Fsp3) is 0.280. The van der Waals surface area contributed by atoms with Gasteiger partial charge in [0.25, 0.3) is 11.7 Å². The second kappa shape index (κ2) is 9.62. The van der Waals surface area contributed by atoms with Crippen LogP contribution in [-0.4, -0.2) is 55.5 Å². The molecule has 0 bridgehead atoms. The number of nitrogens with zero attached hydrogens (tertiary/aromatic N) is 1.